The first-order valence-electron chi connectivity index (χ1n) is 16.8. The van der Waals surface area contributed by atoms with E-state index < -0.39 is 69.0 Å². The Kier molecular flexibility index (Phi) is 2.81. The van der Waals surface area contributed by atoms with Crippen LogP contribution >= 0.6 is 11.6 Å². The van der Waals surface area contributed by atoms with E-state index >= 15 is 0 Å². The molecule has 0 aliphatic carbocycles. The Morgan fingerprint density at radius 2 is 2.17 bits per heavy atom. The van der Waals surface area contributed by atoms with E-state index in [4.69, 9.17) is 44.4 Å². The Morgan fingerprint density at radius 1 is 1.27 bits per heavy atom. The van der Waals surface area contributed by atoms with Gasteiger partial charge in [0.25, 0.3) is 0 Å². The van der Waals surface area contributed by atoms with Crippen LogP contribution in [0, 0.1) is 0 Å². The van der Waals surface area contributed by atoms with Crippen molar-refractivity contribution in [3.05, 3.63) is 47.7 Å². The predicted molar refractivity (Wildman–Crippen MR) is 118 cm³/mol. The molecule has 1 aliphatic heterocycles. The highest BCUT2D eigenvalue weighted by Gasteiger charge is 2.13. The average Bonchev–Trinajstić information content (AvgIpc) is 2.86. The van der Waals surface area contributed by atoms with Crippen molar-refractivity contribution in [2.24, 2.45) is 0 Å². The van der Waals surface area contributed by atoms with Gasteiger partial charge in [-0.15, -0.1) is 0 Å². The molecule has 1 N–H and O–H groups in total. The zero-order valence-electron chi connectivity index (χ0n) is 32.0. The predicted octanol–water partition coefficient (Wildman–Crippen LogP) is 4.14. The molecule has 1 aromatic heterocycles. The van der Waals surface area contributed by atoms with Gasteiger partial charge in [-0.25, -0.2) is 9.97 Å². The van der Waals surface area contributed by atoms with E-state index in [1.165, 1.54) is 6.07 Å². The van der Waals surface area contributed by atoms with Gasteiger partial charge in [-0.05, 0) is 30.6 Å². The van der Waals surface area contributed by atoms with Crippen LogP contribution in [-0.4, -0.2) is 61.1 Å². The van der Waals surface area contributed by atoms with Crippen LogP contribution in [0.3, 0.4) is 0 Å². The normalized spacial score (nSPS) is 31.6. The van der Waals surface area contributed by atoms with Gasteiger partial charge in [-0.1, -0.05) is 17.7 Å². The van der Waals surface area contributed by atoms with Gasteiger partial charge < -0.3 is 19.5 Å². The van der Waals surface area contributed by atoms with Gasteiger partial charge in [0, 0.05) is 52.6 Å². The number of hydrogen-bond donors (Lipinski definition) is 1. The van der Waals surface area contributed by atoms with Crippen molar-refractivity contribution in [1.82, 2.24) is 14.9 Å². The number of halogens is 1. The number of aromatic nitrogens is 2. The molecule has 0 spiro atoms. The lowest BCUT2D eigenvalue weighted by atomic mass is 10.2. The lowest BCUT2D eigenvalue weighted by Crippen LogP contribution is -2.37. The Balaban J connectivity index is 1.86. The largest absolute Gasteiger partial charge is 0.493 e. The van der Waals surface area contributed by atoms with E-state index in [0.29, 0.717) is 10.7 Å². The second kappa shape index (κ2) is 9.93. The fraction of sp³-hybridized carbons (Fsp3) is 0.364. The highest BCUT2D eigenvalue weighted by molar-refractivity contribution is 6.30. The average molecular weight is 446 g/mol. The molecule has 1 aliphatic rings. The molecule has 8 heteroatoms. The second-order valence-electron chi connectivity index (χ2n) is 5.58. The summed E-state index contributed by atoms with van der Waals surface area (Å²) in [5.74, 6) is -1.53. The van der Waals surface area contributed by atoms with Gasteiger partial charge in [0.05, 0.1) is 44.6 Å². The summed E-state index contributed by atoms with van der Waals surface area (Å²) in [6.45, 7) is -23.7. The minimum atomic E-state index is -4.27. The number of methoxy groups -OCH3 is 1. The van der Waals surface area contributed by atoms with E-state index in [-0.39, 0.29) is 16.7 Å². The SMILES string of the molecule is [2H]C([2H])([2H])Oc1cc2ncnc(Nc3cccc(Cl)c3)c2cc1OC([2H])([2H])C([2H])([2H])C([2H])([2H])N1C([2H])([2H])C([2H])([2H])OC([2H])([2H])C1([2H])[2H]. The highest BCUT2D eigenvalue weighted by Crippen LogP contribution is 2.35. The molecule has 158 valence electrons. The van der Waals surface area contributed by atoms with Gasteiger partial charge in [0.15, 0.2) is 11.5 Å². The van der Waals surface area contributed by atoms with Gasteiger partial charge in [0.2, 0.25) is 0 Å². The van der Waals surface area contributed by atoms with Gasteiger partial charge >= 0.3 is 0 Å². The monoisotopic (exact) mass is 445 g/mol. The third-order valence-electron chi connectivity index (χ3n) is 3.69. The first kappa shape index (κ1) is 8.49. The van der Waals surface area contributed by atoms with Crippen LogP contribution in [0.4, 0.5) is 11.5 Å². The third-order valence-corrected chi connectivity index (χ3v) is 3.93. The molecule has 1 fully saturated rings. The topological polar surface area (TPSA) is 68.7 Å². The molecule has 30 heavy (non-hydrogen) atoms. The molecule has 0 saturated carbocycles. The number of benzene rings is 2. The minimum Gasteiger partial charge on any atom is -0.493 e. The van der Waals surface area contributed by atoms with Crippen LogP contribution in [0.25, 0.3) is 10.9 Å². The molecule has 2 aromatic carbocycles. The Bertz CT molecular complexity index is 1650. The molecule has 0 amide bonds. The number of nitrogens with zero attached hydrogens (tertiary/aromatic N) is 3. The van der Waals surface area contributed by atoms with Crippen molar-refractivity contribution < 1.29 is 37.5 Å². The Labute approximate surface area is 204 Å². The van der Waals surface area contributed by atoms with Gasteiger partial charge in [-0.2, -0.15) is 0 Å². The number of hydrogen-bond acceptors (Lipinski definition) is 7. The highest BCUT2D eigenvalue weighted by atomic mass is 35.5. The minimum absolute atomic E-state index is 0.0224. The van der Waals surface area contributed by atoms with Crippen molar-refractivity contribution in [3.63, 3.8) is 0 Å². The summed E-state index contributed by atoms with van der Waals surface area (Å²) in [6, 6.07) is 8.31. The summed E-state index contributed by atoms with van der Waals surface area (Å²) in [7, 11) is -3.18. The third kappa shape index (κ3) is 5.11. The molecule has 4 rings (SSSR count). The molecule has 3 aromatic rings. The first-order valence-corrected chi connectivity index (χ1v) is 8.65. The number of anilines is 2. The summed E-state index contributed by atoms with van der Waals surface area (Å²) < 4.78 is 152. The van der Waals surface area contributed by atoms with Crippen molar-refractivity contribution >= 4 is 34.0 Å². The van der Waals surface area contributed by atoms with E-state index in [1.807, 2.05) is 0 Å². The maximum atomic E-state index is 8.48. The van der Waals surface area contributed by atoms with E-state index in [1.54, 1.807) is 18.2 Å². The molecule has 7 nitrogen and oxygen atoms in total. The van der Waals surface area contributed by atoms with Crippen LogP contribution in [-0.2, 0) is 4.74 Å². The zero-order valence-corrected chi connectivity index (χ0v) is 15.7. The molecule has 1 saturated heterocycles. The maximum Gasteiger partial charge on any atom is 0.162 e. The van der Waals surface area contributed by atoms with Crippen molar-refractivity contribution in [2.45, 2.75) is 6.37 Å². The molecular weight excluding hydrogens is 404 g/mol. The van der Waals surface area contributed by atoms with E-state index in [9.17, 15) is 0 Å². The molecule has 2 heterocycles. The number of rotatable bonds is 8. The van der Waals surface area contributed by atoms with Crippen LogP contribution in [0.5, 0.6) is 11.5 Å². The standard InChI is InChI=1S/C22H25ClN4O3/c1-28-20-14-19-18(13-21(20)30-9-3-6-27-7-10-29-11-8-27)22(25-15-24-19)26-17-5-2-4-16(23)12-17/h2,4-5,12-15H,3,6-11H2,1H3,(H,24,25,26)/i1D3,3D2,6D2,7D2,8D2,9D2,10D2,11D2. The molecular formula is C22H25ClN4O3. The van der Waals surface area contributed by atoms with Gasteiger partial charge in [-0.3, -0.25) is 4.90 Å². The Hall–Kier alpha value is -2.61. The van der Waals surface area contributed by atoms with Crippen molar-refractivity contribution in [1.29, 1.82) is 0 Å². The molecule has 0 unspecified atom stereocenters. The lowest BCUT2D eigenvalue weighted by molar-refractivity contribution is 0.0357. The number of fused-ring (bicyclic) bond motifs is 1. The molecule has 0 atom stereocenters. The van der Waals surface area contributed by atoms with E-state index in [0.717, 1.165) is 18.5 Å². The van der Waals surface area contributed by atoms with Crippen molar-refractivity contribution in [2.75, 3.05) is 51.5 Å². The maximum absolute atomic E-state index is 8.48. The number of nitrogens with one attached hydrogen (secondary N) is 1. The van der Waals surface area contributed by atoms with Crippen LogP contribution < -0.4 is 14.8 Å². The Morgan fingerprint density at radius 3 is 3.00 bits per heavy atom. The summed E-state index contributed by atoms with van der Waals surface area (Å²) >= 11 is 6.04. The quantitative estimate of drug-likeness (QED) is 0.558. The fourth-order valence-corrected chi connectivity index (χ4v) is 2.62. The van der Waals surface area contributed by atoms with Crippen LogP contribution in [0.2, 0.25) is 5.02 Å². The summed E-state index contributed by atoms with van der Waals surface area (Å²) in [6.07, 6.45) is -3.10. The van der Waals surface area contributed by atoms with E-state index in [2.05, 4.69) is 20.0 Å². The number of morpholine rings is 1. The summed E-state index contributed by atoms with van der Waals surface area (Å²) in [5.41, 5.74) is 0.450. The first-order chi connectivity index (χ1) is 21.1. The number of ether oxygens (including phenoxy) is 3. The smallest absolute Gasteiger partial charge is 0.162 e. The summed E-state index contributed by atoms with van der Waals surface area (Å²) in [5, 5.41) is 3.31. The molecule has 0 bridgehead atoms. The zero-order chi connectivity index (χ0) is 35.8. The lowest BCUT2D eigenvalue weighted by Gasteiger charge is -2.26. The molecule has 0 radical (unpaired) electrons. The van der Waals surface area contributed by atoms with Crippen molar-refractivity contribution in [3.8, 4) is 11.5 Å². The second-order valence-corrected chi connectivity index (χ2v) is 6.02. The van der Waals surface area contributed by atoms with Crippen LogP contribution in [0.1, 0.15) is 29.7 Å². The fourth-order valence-electron chi connectivity index (χ4n) is 2.43. The van der Waals surface area contributed by atoms with Crippen LogP contribution in [0.15, 0.2) is 42.7 Å². The summed E-state index contributed by atoms with van der Waals surface area (Å²) in [4.78, 5) is 7.38. The van der Waals surface area contributed by atoms with Gasteiger partial charge in [0.1, 0.15) is 12.1 Å².